The third-order valence-corrected chi connectivity index (χ3v) is 5.17. The molecular formula is C17H13FN4O2. The van der Waals surface area contributed by atoms with Gasteiger partial charge in [0.25, 0.3) is 0 Å². The fourth-order valence-corrected chi connectivity index (χ4v) is 3.65. The second-order valence-corrected chi connectivity index (χ2v) is 6.17. The Bertz CT molecular complexity index is 833. The van der Waals surface area contributed by atoms with Crippen LogP contribution in [0.4, 0.5) is 4.39 Å². The smallest absolute Gasteiger partial charge is 0.214 e. The molecule has 2 aliphatic rings. The highest BCUT2D eigenvalue weighted by atomic mass is 19.1. The second kappa shape index (κ2) is 4.77. The Kier molecular flexibility index (Phi) is 3.17. The average molecular weight is 324 g/mol. The summed E-state index contributed by atoms with van der Waals surface area (Å²) in [6, 6.07) is 11.0. The Morgan fingerprint density at radius 3 is 2.21 bits per heavy atom. The highest BCUT2D eigenvalue weighted by Gasteiger charge is 2.78. The van der Waals surface area contributed by atoms with Crippen LogP contribution in [0.15, 0.2) is 24.3 Å². The third kappa shape index (κ3) is 1.56. The summed E-state index contributed by atoms with van der Waals surface area (Å²) >= 11 is 0. The Morgan fingerprint density at radius 1 is 1.12 bits per heavy atom. The van der Waals surface area contributed by atoms with Crippen LogP contribution in [-0.4, -0.2) is 11.7 Å². The summed E-state index contributed by atoms with van der Waals surface area (Å²) in [4.78, 5) is 0. The number of halogens is 1. The maximum atomic E-state index is 13.2. The lowest BCUT2D eigenvalue weighted by molar-refractivity contribution is -0.268. The minimum absolute atomic E-state index is 0.371. The van der Waals surface area contributed by atoms with Crippen LogP contribution in [0, 0.1) is 62.0 Å². The third-order valence-electron chi connectivity index (χ3n) is 5.17. The number of nitrogens with one attached hydrogen (secondary N) is 1. The SMILES string of the molecule is C[C@H]1[C@]2(C)OC(=N)[C@@]1(C#N)C(C#N)(C#N)[C@@H](c1ccc(F)cc1)O2. The predicted molar refractivity (Wildman–Crippen MR) is 78.3 cm³/mol. The van der Waals surface area contributed by atoms with Crippen molar-refractivity contribution in [2.24, 2.45) is 16.7 Å². The number of fused-ring (bicyclic) bond motifs is 2. The van der Waals surface area contributed by atoms with Crippen molar-refractivity contribution in [2.45, 2.75) is 25.7 Å². The molecule has 0 aliphatic carbocycles. The standard InChI is InChI=1S/C17H13FN4O2/c1-10-15(2)23-13(11-3-5-12(18)6-4-11)16(7-19,8-20)17(10,9-21)14(22)24-15/h3-6,10,13,22H,1-2H3/t10-,13+,15-,17-/m0/s1. The Morgan fingerprint density at radius 2 is 1.71 bits per heavy atom. The molecule has 4 atom stereocenters. The summed E-state index contributed by atoms with van der Waals surface area (Å²) in [7, 11) is 0. The van der Waals surface area contributed by atoms with E-state index in [1.165, 1.54) is 24.3 Å². The molecule has 24 heavy (non-hydrogen) atoms. The van der Waals surface area contributed by atoms with Gasteiger partial charge in [0.05, 0.1) is 24.1 Å². The number of ether oxygens (including phenoxy) is 2. The first-order valence-electron chi connectivity index (χ1n) is 7.26. The quantitative estimate of drug-likeness (QED) is 0.853. The van der Waals surface area contributed by atoms with Crippen LogP contribution in [-0.2, 0) is 9.47 Å². The van der Waals surface area contributed by atoms with E-state index in [0.717, 1.165) is 0 Å². The van der Waals surface area contributed by atoms with Crippen LogP contribution in [0.2, 0.25) is 0 Å². The monoisotopic (exact) mass is 324 g/mol. The molecule has 1 aromatic rings. The summed E-state index contributed by atoms with van der Waals surface area (Å²) in [5.41, 5.74) is -3.40. The van der Waals surface area contributed by atoms with E-state index in [2.05, 4.69) is 0 Å². The van der Waals surface area contributed by atoms with E-state index < -0.39 is 40.4 Å². The van der Waals surface area contributed by atoms with Gasteiger partial charge in [-0.25, -0.2) is 4.39 Å². The zero-order chi connectivity index (χ0) is 17.8. The van der Waals surface area contributed by atoms with Crippen molar-refractivity contribution < 1.29 is 13.9 Å². The maximum absolute atomic E-state index is 13.2. The summed E-state index contributed by atoms with van der Waals surface area (Å²) in [6.07, 6.45) is -1.16. The lowest BCUT2D eigenvalue weighted by Gasteiger charge is -2.47. The van der Waals surface area contributed by atoms with Crippen molar-refractivity contribution in [1.82, 2.24) is 0 Å². The van der Waals surface area contributed by atoms with Gasteiger partial charge in [-0.2, -0.15) is 15.8 Å². The molecule has 1 N–H and O–H groups in total. The van der Waals surface area contributed by atoms with Gasteiger partial charge in [-0.05, 0) is 17.7 Å². The van der Waals surface area contributed by atoms with Crippen LogP contribution < -0.4 is 0 Å². The molecule has 0 unspecified atom stereocenters. The molecule has 0 spiro atoms. The molecule has 2 heterocycles. The topological polar surface area (TPSA) is 114 Å². The fourth-order valence-electron chi connectivity index (χ4n) is 3.65. The molecule has 120 valence electrons. The van der Waals surface area contributed by atoms with Gasteiger partial charge < -0.3 is 9.47 Å². The number of hydrogen-bond donors (Lipinski definition) is 1. The minimum atomic E-state index is -1.99. The average Bonchev–Trinajstić information content (AvgIpc) is 2.71. The summed E-state index contributed by atoms with van der Waals surface area (Å²) in [5.74, 6) is -2.97. The van der Waals surface area contributed by atoms with Crippen LogP contribution in [0.25, 0.3) is 0 Å². The van der Waals surface area contributed by atoms with Gasteiger partial charge in [0, 0.05) is 6.92 Å². The van der Waals surface area contributed by atoms with Crippen molar-refractivity contribution >= 4 is 5.90 Å². The fraction of sp³-hybridized carbons (Fsp3) is 0.412. The van der Waals surface area contributed by atoms with Gasteiger partial charge in [0.1, 0.15) is 11.9 Å². The number of nitriles is 3. The largest absolute Gasteiger partial charge is 0.448 e. The van der Waals surface area contributed by atoms with E-state index in [0.29, 0.717) is 5.56 Å². The van der Waals surface area contributed by atoms with Gasteiger partial charge in [-0.3, -0.25) is 5.41 Å². The highest BCUT2D eigenvalue weighted by molar-refractivity contribution is 5.89. The van der Waals surface area contributed by atoms with Crippen molar-refractivity contribution in [2.75, 3.05) is 0 Å². The van der Waals surface area contributed by atoms with E-state index in [9.17, 15) is 20.2 Å². The van der Waals surface area contributed by atoms with Crippen molar-refractivity contribution in [3.05, 3.63) is 35.6 Å². The highest BCUT2D eigenvalue weighted by Crippen LogP contribution is 2.66. The molecule has 7 heteroatoms. The molecule has 0 aromatic heterocycles. The van der Waals surface area contributed by atoms with Gasteiger partial charge in [0.15, 0.2) is 5.41 Å². The van der Waals surface area contributed by atoms with Crippen LogP contribution in [0.3, 0.4) is 0 Å². The summed E-state index contributed by atoms with van der Waals surface area (Å²) in [5, 5.41) is 37.7. The van der Waals surface area contributed by atoms with Crippen LogP contribution in [0.1, 0.15) is 25.5 Å². The molecule has 0 saturated carbocycles. The molecular weight excluding hydrogens is 311 g/mol. The van der Waals surface area contributed by atoms with E-state index >= 15 is 0 Å². The molecule has 2 saturated heterocycles. The molecule has 2 fully saturated rings. The Labute approximate surface area is 138 Å². The van der Waals surface area contributed by atoms with Crippen molar-refractivity contribution in [3.8, 4) is 18.2 Å². The van der Waals surface area contributed by atoms with Crippen LogP contribution >= 0.6 is 0 Å². The first-order valence-corrected chi connectivity index (χ1v) is 7.26. The van der Waals surface area contributed by atoms with Gasteiger partial charge in [-0.15, -0.1) is 0 Å². The lowest BCUT2D eigenvalue weighted by Crippen LogP contribution is -2.57. The summed E-state index contributed by atoms with van der Waals surface area (Å²) in [6.45, 7) is 3.19. The number of rotatable bonds is 1. The zero-order valence-corrected chi connectivity index (χ0v) is 13.0. The second-order valence-electron chi connectivity index (χ2n) is 6.17. The molecule has 2 bridgehead atoms. The number of hydrogen-bond acceptors (Lipinski definition) is 6. The summed E-state index contributed by atoms with van der Waals surface area (Å²) < 4.78 is 24.6. The van der Waals surface area contributed by atoms with Gasteiger partial charge >= 0.3 is 0 Å². The molecule has 3 rings (SSSR count). The minimum Gasteiger partial charge on any atom is -0.448 e. The predicted octanol–water partition coefficient (Wildman–Crippen LogP) is 2.80. The zero-order valence-electron chi connectivity index (χ0n) is 13.0. The Balaban J connectivity index is 2.31. The lowest BCUT2D eigenvalue weighted by atomic mass is 9.54. The number of benzene rings is 1. The van der Waals surface area contributed by atoms with Crippen LogP contribution in [0.5, 0.6) is 0 Å². The molecule has 0 radical (unpaired) electrons. The number of nitrogens with zero attached hydrogens (tertiary/aromatic N) is 3. The van der Waals surface area contributed by atoms with Gasteiger partial charge in [0.2, 0.25) is 17.1 Å². The van der Waals surface area contributed by atoms with E-state index in [1.54, 1.807) is 13.8 Å². The molecule has 1 aromatic carbocycles. The van der Waals surface area contributed by atoms with Crippen molar-refractivity contribution in [1.29, 1.82) is 21.2 Å². The molecule has 6 nitrogen and oxygen atoms in total. The maximum Gasteiger partial charge on any atom is 0.214 e. The van der Waals surface area contributed by atoms with E-state index in [1.807, 2.05) is 18.2 Å². The molecule has 0 amide bonds. The van der Waals surface area contributed by atoms with E-state index in [-0.39, 0.29) is 0 Å². The normalized spacial score (nSPS) is 36.1. The molecule has 2 aliphatic heterocycles. The van der Waals surface area contributed by atoms with E-state index in [4.69, 9.17) is 14.9 Å². The van der Waals surface area contributed by atoms with Crippen molar-refractivity contribution in [3.63, 3.8) is 0 Å². The first-order chi connectivity index (χ1) is 11.3. The Hall–Kier alpha value is -2.95. The van der Waals surface area contributed by atoms with Gasteiger partial charge in [-0.1, -0.05) is 19.1 Å². The first kappa shape index (κ1) is 15.9.